The first kappa shape index (κ1) is 12.9. The van der Waals surface area contributed by atoms with E-state index in [4.69, 9.17) is 4.74 Å². The maximum absolute atomic E-state index is 11.7. The van der Waals surface area contributed by atoms with Crippen LogP contribution in [-0.2, 0) is 26.1 Å². The molecular weight excluding hydrogens is 224 g/mol. The fourth-order valence-corrected chi connectivity index (χ4v) is 2.45. The number of benzene rings is 1. The average molecular weight is 240 g/mol. The minimum Gasteiger partial charge on any atom is -0.465 e. The van der Waals surface area contributed by atoms with Gasteiger partial charge in [0.05, 0.1) is 6.61 Å². The fourth-order valence-electron chi connectivity index (χ4n) is 1.33. The third-order valence-electron chi connectivity index (χ3n) is 2.16. The van der Waals surface area contributed by atoms with Crippen LogP contribution in [0.5, 0.6) is 0 Å². The van der Waals surface area contributed by atoms with Gasteiger partial charge in [0.1, 0.15) is 5.75 Å². The van der Waals surface area contributed by atoms with Gasteiger partial charge in [-0.1, -0.05) is 24.3 Å². The van der Waals surface area contributed by atoms with Gasteiger partial charge in [-0.25, -0.2) is 0 Å². The second-order valence-corrected chi connectivity index (χ2v) is 4.92. The van der Waals surface area contributed by atoms with E-state index in [9.17, 15) is 9.00 Å². The molecule has 0 fully saturated rings. The lowest BCUT2D eigenvalue weighted by molar-refractivity contribution is -0.139. The second-order valence-electron chi connectivity index (χ2n) is 3.46. The topological polar surface area (TPSA) is 43.4 Å². The first-order valence-corrected chi connectivity index (χ1v) is 6.67. The minimum atomic E-state index is -1.19. The number of esters is 1. The Bertz CT molecular complexity index is 388. The predicted octanol–water partition coefficient (Wildman–Crippen LogP) is 1.81. The number of carbonyl (C=O) groups excluding carboxylic acids is 1. The highest BCUT2D eigenvalue weighted by Gasteiger charge is 2.10. The molecule has 0 aromatic heterocycles. The molecule has 16 heavy (non-hydrogen) atoms. The molecule has 1 rings (SSSR count). The van der Waals surface area contributed by atoms with Crippen LogP contribution in [0.3, 0.4) is 0 Å². The molecule has 0 aliphatic carbocycles. The van der Waals surface area contributed by atoms with Crippen LogP contribution in [0.15, 0.2) is 24.3 Å². The van der Waals surface area contributed by atoms with Gasteiger partial charge in [-0.2, -0.15) is 0 Å². The van der Waals surface area contributed by atoms with Crippen LogP contribution in [0.1, 0.15) is 18.1 Å². The van der Waals surface area contributed by atoms with Gasteiger partial charge in [0.15, 0.2) is 0 Å². The minimum absolute atomic E-state index is 0.0256. The first-order valence-electron chi connectivity index (χ1n) is 5.18. The van der Waals surface area contributed by atoms with Crippen LogP contribution >= 0.6 is 0 Å². The van der Waals surface area contributed by atoms with Gasteiger partial charge in [-0.05, 0) is 25.0 Å². The monoisotopic (exact) mass is 240 g/mol. The molecule has 0 saturated carbocycles. The fraction of sp³-hybridized carbons (Fsp3) is 0.417. The Labute approximate surface area is 98.3 Å². The van der Waals surface area contributed by atoms with Crippen molar-refractivity contribution in [3.63, 3.8) is 0 Å². The zero-order valence-electron chi connectivity index (χ0n) is 9.56. The lowest BCUT2D eigenvalue weighted by Gasteiger charge is -2.05. The summed E-state index contributed by atoms with van der Waals surface area (Å²) < 4.78 is 16.4. The molecule has 3 nitrogen and oxygen atoms in total. The van der Waals surface area contributed by atoms with Crippen molar-refractivity contribution < 1.29 is 13.7 Å². The van der Waals surface area contributed by atoms with E-state index in [-0.39, 0.29) is 5.75 Å². The summed E-state index contributed by atoms with van der Waals surface area (Å²) in [5, 5.41) is 0. The van der Waals surface area contributed by atoms with Crippen molar-refractivity contribution >= 4 is 16.8 Å². The number of carbonyl (C=O) groups is 1. The molecule has 0 N–H and O–H groups in total. The number of rotatable bonds is 5. The largest absolute Gasteiger partial charge is 0.465 e. The normalized spacial score (nSPS) is 12.1. The smallest absolute Gasteiger partial charge is 0.318 e. The molecule has 0 radical (unpaired) electrons. The third kappa shape index (κ3) is 4.14. The van der Waals surface area contributed by atoms with E-state index in [1.54, 1.807) is 6.92 Å². The molecule has 0 spiro atoms. The third-order valence-corrected chi connectivity index (χ3v) is 3.35. The van der Waals surface area contributed by atoms with E-state index < -0.39 is 16.8 Å². The number of hydrogen-bond acceptors (Lipinski definition) is 3. The van der Waals surface area contributed by atoms with Gasteiger partial charge in [-0.3, -0.25) is 9.00 Å². The van der Waals surface area contributed by atoms with Crippen LogP contribution in [0, 0.1) is 6.92 Å². The van der Waals surface area contributed by atoms with Gasteiger partial charge >= 0.3 is 5.97 Å². The Kier molecular flexibility index (Phi) is 5.19. The van der Waals surface area contributed by atoms with E-state index in [1.165, 1.54) is 0 Å². The lowest BCUT2D eigenvalue weighted by atomic mass is 10.1. The Morgan fingerprint density at radius 2 is 2.06 bits per heavy atom. The molecular formula is C12H16O3S. The predicted molar refractivity (Wildman–Crippen MR) is 64.5 cm³/mol. The Balaban J connectivity index is 2.52. The summed E-state index contributed by atoms with van der Waals surface area (Å²) in [4.78, 5) is 11.1. The molecule has 88 valence electrons. The van der Waals surface area contributed by atoms with E-state index >= 15 is 0 Å². The Hall–Kier alpha value is -1.16. The molecule has 1 unspecified atom stereocenters. The number of ether oxygens (including phenoxy) is 1. The standard InChI is InChI=1S/C12H16O3S/c1-3-15-12(13)9-16(14)8-11-7-5-4-6-10(11)2/h4-7H,3,8-9H2,1-2H3. The SMILES string of the molecule is CCOC(=O)CS(=O)Cc1ccccc1C. The lowest BCUT2D eigenvalue weighted by Crippen LogP contribution is -2.15. The summed E-state index contributed by atoms with van der Waals surface area (Å²) in [6, 6.07) is 7.74. The number of aryl methyl sites for hydroxylation is 1. The van der Waals surface area contributed by atoms with Crippen molar-refractivity contribution in [3.8, 4) is 0 Å². The molecule has 4 heteroatoms. The van der Waals surface area contributed by atoms with Crippen molar-refractivity contribution in [2.24, 2.45) is 0 Å². The zero-order valence-corrected chi connectivity index (χ0v) is 10.4. The van der Waals surface area contributed by atoms with Crippen LogP contribution < -0.4 is 0 Å². The van der Waals surface area contributed by atoms with Crippen molar-refractivity contribution in [1.29, 1.82) is 0 Å². The van der Waals surface area contributed by atoms with Crippen LogP contribution in [0.25, 0.3) is 0 Å². The molecule has 0 aliphatic heterocycles. The van der Waals surface area contributed by atoms with Crippen LogP contribution in [0.4, 0.5) is 0 Å². The van der Waals surface area contributed by atoms with Crippen molar-refractivity contribution in [3.05, 3.63) is 35.4 Å². The second kappa shape index (κ2) is 6.43. The number of hydrogen-bond donors (Lipinski definition) is 0. The van der Waals surface area contributed by atoms with E-state index in [1.807, 2.05) is 31.2 Å². The van der Waals surface area contributed by atoms with Crippen molar-refractivity contribution in [1.82, 2.24) is 0 Å². The van der Waals surface area contributed by atoms with Gasteiger partial charge in [-0.15, -0.1) is 0 Å². The van der Waals surface area contributed by atoms with Gasteiger partial charge < -0.3 is 4.74 Å². The van der Waals surface area contributed by atoms with Crippen LogP contribution in [0.2, 0.25) is 0 Å². The summed E-state index contributed by atoms with van der Waals surface area (Å²) >= 11 is 0. The van der Waals surface area contributed by atoms with E-state index in [2.05, 4.69) is 0 Å². The molecule has 0 aliphatic rings. The Morgan fingerprint density at radius 1 is 1.38 bits per heavy atom. The maximum Gasteiger partial charge on any atom is 0.318 e. The summed E-state index contributed by atoms with van der Waals surface area (Å²) in [6.07, 6.45) is 0. The highest BCUT2D eigenvalue weighted by molar-refractivity contribution is 7.84. The molecule has 0 heterocycles. The molecule has 0 bridgehead atoms. The quantitative estimate of drug-likeness (QED) is 0.737. The van der Waals surface area contributed by atoms with Crippen LogP contribution in [-0.4, -0.2) is 22.5 Å². The summed E-state index contributed by atoms with van der Waals surface area (Å²) in [7, 11) is -1.19. The first-order chi connectivity index (χ1) is 7.63. The summed E-state index contributed by atoms with van der Waals surface area (Å²) in [5.41, 5.74) is 2.12. The van der Waals surface area contributed by atoms with Gasteiger partial charge in [0.2, 0.25) is 0 Å². The zero-order chi connectivity index (χ0) is 12.0. The summed E-state index contributed by atoms with van der Waals surface area (Å²) in [6.45, 7) is 4.04. The van der Waals surface area contributed by atoms with Gasteiger partial charge in [0, 0.05) is 16.6 Å². The molecule has 1 aromatic rings. The van der Waals surface area contributed by atoms with E-state index in [0.29, 0.717) is 12.4 Å². The van der Waals surface area contributed by atoms with Gasteiger partial charge in [0.25, 0.3) is 0 Å². The average Bonchev–Trinajstić information content (AvgIpc) is 2.21. The van der Waals surface area contributed by atoms with Crippen molar-refractivity contribution in [2.45, 2.75) is 19.6 Å². The summed E-state index contributed by atoms with van der Waals surface area (Å²) in [5.74, 6) is -0.0115. The highest BCUT2D eigenvalue weighted by Crippen LogP contribution is 2.09. The Morgan fingerprint density at radius 3 is 2.69 bits per heavy atom. The van der Waals surface area contributed by atoms with Crippen molar-refractivity contribution in [2.75, 3.05) is 12.4 Å². The maximum atomic E-state index is 11.7. The van der Waals surface area contributed by atoms with E-state index in [0.717, 1.165) is 11.1 Å². The molecule has 0 saturated heterocycles. The molecule has 1 aromatic carbocycles. The molecule has 1 atom stereocenters. The highest BCUT2D eigenvalue weighted by atomic mass is 32.2. The molecule has 0 amide bonds.